The summed E-state index contributed by atoms with van der Waals surface area (Å²) < 4.78 is 12.0. The summed E-state index contributed by atoms with van der Waals surface area (Å²) in [7, 11) is 0. The van der Waals surface area contributed by atoms with Gasteiger partial charge in [0, 0.05) is 12.3 Å². The fourth-order valence-electron chi connectivity index (χ4n) is 2.88. The maximum Gasteiger partial charge on any atom is 0.200 e. The van der Waals surface area contributed by atoms with Gasteiger partial charge in [0.1, 0.15) is 5.76 Å². The van der Waals surface area contributed by atoms with Crippen molar-refractivity contribution in [2.24, 2.45) is 5.92 Å². The van der Waals surface area contributed by atoms with Crippen LogP contribution in [0.3, 0.4) is 0 Å². The Bertz CT molecular complexity index is 701. The van der Waals surface area contributed by atoms with Gasteiger partial charge in [-0.15, -0.1) is 0 Å². The van der Waals surface area contributed by atoms with Gasteiger partial charge in [0.2, 0.25) is 6.29 Å². The Balaban J connectivity index is 1.78. The van der Waals surface area contributed by atoms with Gasteiger partial charge in [-0.05, 0) is 29.2 Å². The zero-order chi connectivity index (χ0) is 17.5. The summed E-state index contributed by atoms with van der Waals surface area (Å²) in [4.78, 5) is 0. The van der Waals surface area contributed by atoms with Crippen molar-refractivity contribution in [3.63, 3.8) is 0 Å². The summed E-state index contributed by atoms with van der Waals surface area (Å²) in [5.41, 5.74) is 2.46. The van der Waals surface area contributed by atoms with E-state index in [9.17, 15) is 0 Å². The van der Waals surface area contributed by atoms with Crippen LogP contribution in [0.15, 0.2) is 78.6 Å². The van der Waals surface area contributed by atoms with Crippen LogP contribution in [0.1, 0.15) is 37.3 Å². The standard InChI is InChI=1S/C23H26O2/c1-18(2)17-24-23-16-21(20-11-7-4-8-12-20)15-22(25-23)14-13-19-9-5-3-6-10-19/h3-15,18,21,23H,16-17H2,1-2H3/b14-13+/t21-,23-/m1/s1. The first-order valence-electron chi connectivity index (χ1n) is 8.99. The minimum absolute atomic E-state index is 0.201. The molecule has 0 amide bonds. The van der Waals surface area contributed by atoms with Crippen molar-refractivity contribution in [2.45, 2.75) is 32.5 Å². The number of allylic oxidation sites excluding steroid dienone is 2. The van der Waals surface area contributed by atoms with Crippen molar-refractivity contribution in [1.29, 1.82) is 0 Å². The lowest BCUT2D eigenvalue weighted by Crippen LogP contribution is -2.25. The van der Waals surface area contributed by atoms with Gasteiger partial charge in [-0.25, -0.2) is 0 Å². The number of hydrogen-bond acceptors (Lipinski definition) is 2. The second-order valence-electron chi connectivity index (χ2n) is 6.84. The molecule has 2 nitrogen and oxygen atoms in total. The fourth-order valence-corrected chi connectivity index (χ4v) is 2.88. The molecule has 0 aliphatic carbocycles. The topological polar surface area (TPSA) is 18.5 Å². The molecule has 0 N–H and O–H groups in total. The van der Waals surface area contributed by atoms with Gasteiger partial charge in [0.05, 0.1) is 6.61 Å². The summed E-state index contributed by atoms with van der Waals surface area (Å²) in [5, 5.41) is 0. The van der Waals surface area contributed by atoms with E-state index in [1.807, 2.05) is 24.3 Å². The van der Waals surface area contributed by atoms with Crippen LogP contribution in [0.25, 0.3) is 6.08 Å². The van der Waals surface area contributed by atoms with Crippen molar-refractivity contribution in [3.05, 3.63) is 89.7 Å². The van der Waals surface area contributed by atoms with E-state index in [-0.39, 0.29) is 6.29 Å². The molecule has 0 unspecified atom stereocenters. The zero-order valence-electron chi connectivity index (χ0n) is 15.0. The highest BCUT2D eigenvalue weighted by Gasteiger charge is 2.24. The van der Waals surface area contributed by atoms with Crippen molar-refractivity contribution in [2.75, 3.05) is 6.61 Å². The fraction of sp³-hybridized carbons (Fsp3) is 0.304. The smallest absolute Gasteiger partial charge is 0.200 e. The summed E-state index contributed by atoms with van der Waals surface area (Å²) in [5.74, 6) is 1.67. The Morgan fingerprint density at radius 2 is 1.68 bits per heavy atom. The highest BCUT2D eigenvalue weighted by atomic mass is 16.7. The molecular formula is C23H26O2. The molecule has 130 valence electrons. The molecule has 25 heavy (non-hydrogen) atoms. The third-order valence-electron chi connectivity index (χ3n) is 4.16. The number of benzene rings is 2. The van der Waals surface area contributed by atoms with Crippen molar-refractivity contribution in [1.82, 2.24) is 0 Å². The Hall–Kier alpha value is -2.32. The van der Waals surface area contributed by atoms with Gasteiger partial charge in [-0.2, -0.15) is 0 Å². The molecule has 0 fully saturated rings. The van der Waals surface area contributed by atoms with Gasteiger partial charge in [0.25, 0.3) is 0 Å². The zero-order valence-corrected chi connectivity index (χ0v) is 15.0. The van der Waals surface area contributed by atoms with E-state index in [1.54, 1.807) is 0 Å². The molecule has 0 aromatic heterocycles. The molecule has 1 heterocycles. The van der Waals surface area contributed by atoms with Crippen LogP contribution < -0.4 is 0 Å². The molecule has 1 aliphatic rings. The molecule has 0 spiro atoms. The SMILES string of the molecule is CC(C)CO[C@H]1C[C@H](c2ccccc2)C=C(/C=C/c2ccccc2)O1. The molecule has 0 saturated heterocycles. The minimum atomic E-state index is -0.201. The Kier molecular flexibility index (Phi) is 6.08. The molecule has 0 saturated carbocycles. The van der Waals surface area contributed by atoms with Crippen molar-refractivity contribution < 1.29 is 9.47 Å². The van der Waals surface area contributed by atoms with E-state index in [2.05, 4.69) is 68.5 Å². The quantitative estimate of drug-likeness (QED) is 0.666. The van der Waals surface area contributed by atoms with Gasteiger partial charge >= 0.3 is 0 Å². The molecule has 0 bridgehead atoms. The van der Waals surface area contributed by atoms with Crippen LogP contribution in [0.5, 0.6) is 0 Å². The summed E-state index contributed by atoms with van der Waals surface area (Å²) >= 11 is 0. The molecule has 2 atom stereocenters. The molecule has 3 rings (SSSR count). The Labute approximate surface area is 150 Å². The van der Waals surface area contributed by atoms with Crippen molar-refractivity contribution >= 4 is 6.08 Å². The van der Waals surface area contributed by atoms with Crippen LogP contribution in [-0.2, 0) is 9.47 Å². The van der Waals surface area contributed by atoms with Crippen molar-refractivity contribution in [3.8, 4) is 0 Å². The first-order chi connectivity index (χ1) is 12.2. The number of rotatable bonds is 6. The van der Waals surface area contributed by atoms with Crippen LogP contribution in [0.4, 0.5) is 0 Å². The molecule has 2 heteroatoms. The monoisotopic (exact) mass is 334 g/mol. The summed E-state index contributed by atoms with van der Waals surface area (Å²) in [6.45, 7) is 5.02. The van der Waals surface area contributed by atoms with Gasteiger partial charge in [-0.1, -0.05) is 80.6 Å². The lowest BCUT2D eigenvalue weighted by molar-refractivity contribution is -0.131. The van der Waals surface area contributed by atoms with Gasteiger partial charge < -0.3 is 9.47 Å². The first kappa shape index (κ1) is 17.5. The first-order valence-corrected chi connectivity index (χ1v) is 8.99. The molecule has 2 aromatic rings. The van der Waals surface area contributed by atoms with E-state index >= 15 is 0 Å². The van der Waals surface area contributed by atoms with Crippen LogP contribution >= 0.6 is 0 Å². The predicted octanol–water partition coefficient (Wildman–Crippen LogP) is 5.79. The van der Waals surface area contributed by atoms with Gasteiger partial charge in [-0.3, -0.25) is 0 Å². The largest absolute Gasteiger partial charge is 0.465 e. The second kappa shape index (κ2) is 8.68. The highest BCUT2D eigenvalue weighted by Crippen LogP contribution is 2.32. The molecule has 2 aromatic carbocycles. The number of ether oxygens (including phenoxy) is 2. The Morgan fingerprint density at radius 1 is 1.00 bits per heavy atom. The minimum Gasteiger partial charge on any atom is -0.465 e. The van der Waals surface area contributed by atoms with Crippen LogP contribution in [-0.4, -0.2) is 12.9 Å². The third kappa shape index (κ3) is 5.33. The lowest BCUT2D eigenvalue weighted by Gasteiger charge is -2.29. The van der Waals surface area contributed by atoms with E-state index in [1.165, 1.54) is 5.56 Å². The van der Waals surface area contributed by atoms with Crippen LogP contribution in [0.2, 0.25) is 0 Å². The average molecular weight is 334 g/mol. The van der Waals surface area contributed by atoms with Gasteiger partial charge in [0.15, 0.2) is 0 Å². The maximum absolute atomic E-state index is 6.06. The normalized spacial score (nSPS) is 20.5. The summed E-state index contributed by atoms with van der Waals surface area (Å²) in [6, 6.07) is 20.8. The highest BCUT2D eigenvalue weighted by molar-refractivity contribution is 5.52. The third-order valence-corrected chi connectivity index (χ3v) is 4.16. The Morgan fingerprint density at radius 3 is 2.36 bits per heavy atom. The van der Waals surface area contributed by atoms with E-state index < -0.39 is 0 Å². The molecular weight excluding hydrogens is 308 g/mol. The second-order valence-corrected chi connectivity index (χ2v) is 6.84. The van der Waals surface area contributed by atoms with E-state index in [0.29, 0.717) is 18.4 Å². The summed E-state index contributed by atoms with van der Waals surface area (Å²) in [6.07, 6.45) is 6.96. The number of hydrogen-bond donors (Lipinski definition) is 0. The maximum atomic E-state index is 6.06. The van der Waals surface area contributed by atoms with E-state index in [4.69, 9.17) is 9.47 Å². The average Bonchev–Trinajstić information content (AvgIpc) is 2.66. The van der Waals surface area contributed by atoms with Crippen LogP contribution in [0, 0.1) is 5.92 Å². The lowest BCUT2D eigenvalue weighted by atomic mass is 9.93. The molecule has 1 aliphatic heterocycles. The predicted molar refractivity (Wildman–Crippen MR) is 103 cm³/mol. The molecule has 0 radical (unpaired) electrons. The van der Waals surface area contributed by atoms with E-state index in [0.717, 1.165) is 17.7 Å².